The highest BCUT2D eigenvalue weighted by atomic mass is 15.3. The van der Waals surface area contributed by atoms with E-state index in [-0.39, 0.29) is 5.41 Å². The van der Waals surface area contributed by atoms with E-state index in [1.807, 2.05) is 41.3 Å². The Morgan fingerprint density at radius 2 is 1.89 bits per heavy atom. The minimum atomic E-state index is 0.128. The fourth-order valence-electron chi connectivity index (χ4n) is 3.13. The summed E-state index contributed by atoms with van der Waals surface area (Å²) in [6.07, 6.45) is 7.37. The van der Waals surface area contributed by atoms with Crippen molar-refractivity contribution in [2.24, 2.45) is 5.41 Å². The molecule has 0 unspecified atom stereocenters. The number of rotatable bonds is 3. The standard InChI is InChI=1S/C22H20N6/c1-22(2,3)14-28-13-16(12-26-28)18-7-6-17(10-23)27-21(18)15-9-20-19(25-11-15)5-4-8-24-20/h4-9,11-13H,14H2,1-3H3. The van der Waals surface area contributed by atoms with Crippen molar-refractivity contribution in [3.8, 4) is 28.5 Å². The summed E-state index contributed by atoms with van der Waals surface area (Å²) in [5.74, 6) is 0. The molecule has 0 bridgehead atoms. The number of nitriles is 1. The molecule has 0 aliphatic heterocycles. The van der Waals surface area contributed by atoms with Crippen molar-refractivity contribution in [1.29, 1.82) is 5.26 Å². The van der Waals surface area contributed by atoms with Crippen LogP contribution in [0.15, 0.2) is 55.1 Å². The number of aromatic nitrogens is 5. The molecule has 4 heterocycles. The van der Waals surface area contributed by atoms with E-state index < -0.39 is 0 Å². The summed E-state index contributed by atoms with van der Waals surface area (Å²) in [4.78, 5) is 13.4. The van der Waals surface area contributed by atoms with Gasteiger partial charge in [-0.25, -0.2) is 4.98 Å². The molecule has 6 heteroatoms. The summed E-state index contributed by atoms with van der Waals surface area (Å²) in [6, 6.07) is 11.5. The Bertz CT molecular complexity index is 1190. The Kier molecular flexibility index (Phi) is 4.36. The third-order valence-corrected chi connectivity index (χ3v) is 4.31. The van der Waals surface area contributed by atoms with Crippen molar-refractivity contribution in [1.82, 2.24) is 24.7 Å². The zero-order valence-electron chi connectivity index (χ0n) is 16.1. The minimum absolute atomic E-state index is 0.128. The average molecular weight is 368 g/mol. The Labute approximate surface area is 163 Å². The van der Waals surface area contributed by atoms with Gasteiger partial charge in [0, 0.05) is 41.8 Å². The van der Waals surface area contributed by atoms with Crippen LogP contribution in [0.1, 0.15) is 26.5 Å². The van der Waals surface area contributed by atoms with E-state index in [1.165, 1.54) is 0 Å². The maximum atomic E-state index is 9.32. The van der Waals surface area contributed by atoms with Crippen LogP contribution in [0.3, 0.4) is 0 Å². The lowest BCUT2D eigenvalue weighted by Gasteiger charge is -2.17. The molecule has 0 radical (unpaired) electrons. The molecule has 4 aromatic rings. The molecule has 0 N–H and O–H groups in total. The van der Waals surface area contributed by atoms with Crippen molar-refractivity contribution in [2.75, 3.05) is 0 Å². The fraction of sp³-hybridized carbons (Fsp3) is 0.227. The molecule has 0 saturated heterocycles. The van der Waals surface area contributed by atoms with Gasteiger partial charge in [0.25, 0.3) is 0 Å². The molecule has 0 aliphatic rings. The number of hydrogen-bond donors (Lipinski definition) is 0. The molecule has 0 spiro atoms. The van der Waals surface area contributed by atoms with Crippen LogP contribution in [-0.2, 0) is 6.54 Å². The second-order valence-corrected chi connectivity index (χ2v) is 7.96. The molecule has 4 rings (SSSR count). The van der Waals surface area contributed by atoms with Crippen molar-refractivity contribution in [3.63, 3.8) is 0 Å². The molecule has 138 valence electrons. The van der Waals surface area contributed by atoms with Crippen molar-refractivity contribution in [2.45, 2.75) is 27.3 Å². The third kappa shape index (κ3) is 3.60. The zero-order chi connectivity index (χ0) is 19.7. The van der Waals surface area contributed by atoms with Gasteiger partial charge in [0.15, 0.2) is 0 Å². The molecule has 4 aromatic heterocycles. The lowest BCUT2D eigenvalue weighted by molar-refractivity contribution is 0.325. The Morgan fingerprint density at radius 3 is 2.68 bits per heavy atom. The highest BCUT2D eigenvalue weighted by molar-refractivity contribution is 5.85. The summed E-state index contributed by atoms with van der Waals surface area (Å²) >= 11 is 0. The maximum absolute atomic E-state index is 9.32. The van der Waals surface area contributed by atoms with Crippen LogP contribution in [-0.4, -0.2) is 24.7 Å². The van der Waals surface area contributed by atoms with Crippen LogP contribution in [0.2, 0.25) is 0 Å². The predicted octanol–water partition coefficient (Wildman–Crippen LogP) is 4.47. The topological polar surface area (TPSA) is 80.3 Å². The number of nitrogens with zero attached hydrogens (tertiary/aromatic N) is 6. The first-order valence-corrected chi connectivity index (χ1v) is 9.08. The minimum Gasteiger partial charge on any atom is -0.272 e. The van der Waals surface area contributed by atoms with E-state index in [0.29, 0.717) is 11.4 Å². The van der Waals surface area contributed by atoms with Gasteiger partial charge in [-0.15, -0.1) is 0 Å². The molecule has 0 amide bonds. The second kappa shape index (κ2) is 6.86. The quantitative estimate of drug-likeness (QED) is 0.533. The van der Waals surface area contributed by atoms with Crippen LogP contribution in [0.4, 0.5) is 0 Å². The summed E-state index contributed by atoms with van der Waals surface area (Å²) in [7, 11) is 0. The Balaban J connectivity index is 1.83. The van der Waals surface area contributed by atoms with E-state index in [1.54, 1.807) is 18.5 Å². The normalized spacial score (nSPS) is 11.5. The summed E-state index contributed by atoms with van der Waals surface area (Å²) in [5, 5.41) is 13.8. The van der Waals surface area contributed by atoms with Crippen LogP contribution >= 0.6 is 0 Å². The molecule has 0 atom stereocenters. The average Bonchev–Trinajstić information content (AvgIpc) is 3.13. The van der Waals surface area contributed by atoms with Gasteiger partial charge in [0.05, 0.1) is 22.9 Å². The van der Waals surface area contributed by atoms with Crippen LogP contribution < -0.4 is 0 Å². The van der Waals surface area contributed by atoms with Gasteiger partial charge in [0.2, 0.25) is 0 Å². The number of fused-ring (bicyclic) bond motifs is 1. The molecular formula is C22H20N6. The number of pyridine rings is 3. The summed E-state index contributed by atoms with van der Waals surface area (Å²) < 4.78 is 1.94. The van der Waals surface area contributed by atoms with Crippen LogP contribution in [0.25, 0.3) is 33.4 Å². The number of hydrogen-bond acceptors (Lipinski definition) is 5. The van der Waals surface area contributed by atoms with Gasteiger partial charge in [0.1, 0.15) is 11.8 Å². The second-order valence-electron chi connectivity index (χ2n) is 7.96. The zero-order valence-corrected chi connectivity index (χ0v) is 16.1. The van der Waals surface area contributed by atoms with E-state index in [9.17, 15) is 5.26 Å². The van der Waals surface area contributed by atoms with Crippen LogP contribution in [0.5, 0.6) is 0 Å². The molecule has 0 saturated carbocycles. The first kappa shape index (κ1) is 17.8. The van der Waals surface area contributed by atoms with E-state index >= 15 is 0 Å². The largest absolute Gasteiger partial charge is 0.272 e. The first-order chi connectivity index (χ1) is 13.4. The monoisotopic (exact) mass is 368 g/mol. The van der Waals surface area contributed by atoms with Crippen molar-refractivity contribution < 1.29 is 0 Å². The van der Waals surface area contributed by atoms with Gasteiger partial charge in [-0.05, 0) is 35.7 Å². The molecular weight excluding hydrogens is 348 g/mol. The highest BCUT2D eigenvalue weighted by Gasteiger charge is 2.16. The van der Waals surface area contributed by atoms with Gasteiger partial charge in [-0.2, -0.15) is 10.4 Å². The molecule has 28 heavy (non-hydrogen) atoms. The van der Waals surface area contributed by atoms with Gasteiger partial charge in [-0.3, -0.25) is 14.6 Å². The van der Waals surface area contributed by atoms with Gasteiger partial charge >= 0.3 is 0 Å². The van der Waals surface area contributed by atoms with E-state index in [4.69, 9.17) is 0 Å². The van der Waals surface area contributed by atoms with E-state index in [0.717, 1.165) is 34.3 Å². The van der Waals surface area contributed by atoms with Gasteiger partial charge < -0.3 is 0 Å². The summed E-state index contributed by atoms with van der Waals surface area (Å²) in [5.41, 5.74) is 5.50. The van der Waals surface area contributed by atoms with Gasteiger partial charge in [-0.1, -0.05) is 20.8 Å². The fourth-order valence-corrected chi connectivity index (χ4v) is 3.13. The lowest BCUT2D eigenvalue weighted by atomic mass is 9.97. The smallest absolute Gasteiger partial charge is 0.141 e. The highest BCUT2D eigenvalue weighted by Crippen LogP contribution is 2.31. The molecule has 6 nitrogen and oxygen atoms in total. The molecule has 0 aliphatic carbocycles. The predicted molar refractivity (Wildman–Crippen MR) is 108 cm³/mol. The Morgan fingerprint density at radius 1 is 1.04 bits per heavy atom. The van der Waals surface area contributed by atoms with Crippen LogP contribution in [0, 0.1) is 16.7 Å². The first-order valence-electron chi connectivity index (χ1n) is 9.08. The Hall–Kier alpha value is -3.59. The maximum Gasteiger partial charge on any atom is 0.141 e. The molecule has 0 aromatic carbocycles. The SMILES string of the molecule is CC(C)(C)Cn1cc(-c2ccc(C#N)nc2-c2cnc3cccnc3c2)cn1. The molecule has 0 fully saturated rings. The van der Waals surface area contributed by atoms with Crippen molar-refractivity contribution >= 4 is 11.0 Å². The van der Waals surface area contributed by atoms with Crippen molar-refractivity contribution in [3.05, 3.63) is 60.8 Å². The van der Waals surface area contributed by atoms with E-state index in [2.05, 4.69) is 46.9 Å². The third-order valence-electron chi connectivity index (χ3n) is 4.31. The summed E-state index contributed by atoms with van der Waals surface area (Å²) in [6.45, 7) is 7.35. The lowest BCUT2D eigenvalue weighted by Crippen LogP contribution is -2.15.